The van der Waals surface area contributed by atoms with E-state index in [2.05, 4.69) is 21.9 Å². The summed E-state index contributed by atoms with van der Waals surface area (Å²) in [6.07, 6.45) is 0.390. The highest BCUT2D eigenvalue weighted by Gasteiger charge is 2.07. The van der Waals surface area contributed by atoms with Gasteiger partial charge in [-0.3, -0.25) is 0 Å². The van der Waals surface area contributed by atoms with E-state index in [0.29, 0.717) is 29.9 Å². The highest BCUT2D eigenvalue weighted by Crippen LogP contribution is 2.12. The van der Waals surface area contributed by atoms with Gasteiger partial charge in [0.25, 0.3) is 0 Å². The van der Waals surface area contributed by atoms with Crippen molar-refractivity contribution in [3.8, 4) is 11.8 Å². The van der Waals surface area contributed by atoms with Crippen LogP contribution in [0.25, 0.3) is 0 Å². The lowest BCUT2D eigenvalue weighted by molar-refractivity contribution is 0.305. The van der Waals surface area contributed by atoms with Crippen molar-refractivity contribution in [2.24, 2.45) is 0 Å². The lowest BCUT2D eigenvalue weighted by Gasteiger charge is -2.05. The van der Waals surface area contributed by atoms with E-state index in [1.165, 1.54) is 6.07 Å². The van der Waals surface area contributed by atoms with Crippen molar-refractivity contribution in [3.05, 3.63) is 46.8 Å². The summed E-state index contributed by atoms with van der Waals surface area (Å²) in [5.74, 6) is 6.70. The number of hydrogen-bond acceptors (Lipinski definition) is 3. The van der Waals surface area contributed by atoms with Gasteiger partial charge in [-0.25, -0.2) is 14.1 Å². The topological polar surface area (TPSA) is 50.9 Å². The van der Waals surface area contributed by atoms with Crippen LogP contribution in [0.5, 0.6) is 0 Å². The normalized spacial score (nSPS) is 10.2. The maximum atomic E-state index is 14.0. The molecule has 1 N–H and O–H groups in total. The number of aryl methyl sites for hydroxylation is 2. The van der Waals surface area contributed by atoms with Gasteiger partial charge in [0.1, 0.15) is 17.5 Å². The summed E-state index contributed by atoms with van der Waals surface area (Å²) in [7, 11) is 0. The van der Waals surface area contributed by atoms with Crippen LogP contribution in [0.1, 0.15) is 29.2 Å². The van der Waals surface area contributed by atoms with Crippen molar-refractivity contribution in [1.29, 1.82) is 0 Å². The first-order chi connectivity index (χ1) is 9.60. The monoisotopic (exact) mass is 273 g/mol. The molecule has 0 amide bonds. The van der Waals surface area contributed by atoms with E-state index >= 15 is 0 Å². The van der Waals surface area contributed by atoms with Gasteiger partial charge in [-0.05, 0) is 26.0 Å². The van der Waals surface area contributed by atoms with Crippen LogP contribution in [0.15, 0.2) is 18.2 Å². The zero-order valence-electron chi connectivity index (χ0n) is 11.5. The van der Waals surface area contributed by atoms with E-state index in [4.69, 9.17) is 5.11 Å². The Kier molecular flexibility index (Phi) is 4.49. The van der Waals surface area contributed by atoms with E-state index in [-0.39, 0.29) is 12.4 Å². The Balaban J connectivity index is 2.18. The Morgan fingerprint density at radius 3 is 2.75 bits per heavy atom. The number of nitrogens with zero attached hydrogens (tertiary/aromatic N) is 3. The van der Waals surface area contributed by atoms with Crippen LogP contribution in [0.4, 0.5) is 4.39 Å². The zero-order chi connectivity index (χ0) is 14.5. The van der Waals surface area contributed by atoms with E-state index in [1.54, 1.807) is 23.7 Å². The summed E-state index contributed by atoms with van der Waals surface area (Å²) in [5.41, 5.74) is 1.15. The van der Waals surface area contributed by atoms with Gasteiger partial charge in [-0.2, -0.15) is 5.10 Å². The molecule has 0 atom stereocenters. The molecule has 0 unspecified atom stereocenters. The first kappa shape index (κ1) is 14.2. The molecule has 1 aromatic heterocycles. The molecule has 2 aromatic rings. The second-order valence-electron chi connectivity index (χ2n) is 4.45. The highest BCUT2D eigenvalue weighted by molar-refractivity contribution is 5.37. The quantitative estimate of drug-likeness (QED) is 0.868. The van der Waals surface area contributed by atoms with Crippen molar-refractivity contribution < 1.29 is 9.50 Å². The van der Waals surface area contributed by atoms with Crippen LogP contribution in [-0.4, -0.2) is 26.5 Å². The molecule has 0 aliphatic heterocycles. The van der Waals surface area contributed by atoms with Gasteiger partial charge in [-0.15, -0.1) is 0 Å². The number of halogens is 1. The predicted octanol–water partition coefficient (Wildman–Crippen LogP) is 1.82. The second kappa shape index (κ2) is 6.31. The number of aliphatic hydroxyl groups excluding tert-OH is 1. The maximum absolute atomic E-state index is 14.0. The first-order valence-electron chi connectivity index (χ1n) is 6.36. The predicted molar refractivity (Wildman–Crippen MR) is 73.6 cm³/mol. The highest BCUT2D eigenvalue weighted by atomic mass is 19.1. The third-order valence-corrected chi connectivity index (χ3v) is 2.81. The van der Waals surface area contributed by atoms with Gasteiger partial charge < -0.3 is 5.11 Å². The molecular weight excluding hydrogens is 257 g/mol. The van der Waals surface area contributed by atoms with Gasteiger partial charge in [0.2, 0.25) is 0 Å². The van der Waals surface area contributed by atoms with Crippen LogP contribution >= 0.6 is 0 Å². The molecule has 0 saturated carbocycles. The van der Waals surface area contributed by atoms with Gasteiger partial charge in [0.05, 0.1) is 13.2 Å². The van der Waals surface area contributed by atoms with E-state index in [9.17, 15) is 4.39 Å². The largest absolute Gasteiger partial charge is 0.395 e. The lowest BCUT2D eigenvalue weighted by atomic mass is 10.1. The molecule has 0 spiro atoms. The molecule has 4 nitrogen and oxygen atoms in total. The molecule has 0 radical (unpaired) electrons. The minimum atomic E-state index is -0.312. The summed E-state index contributed by atoms with van der Waals surface area (Å²) in [4.78, 5) is 4.19. The van der Waals surface area contributed by atoms with E-state index in [1.807, 2.05) is 6.92 Å². The molecular formula is C15H16FN3O. The first-order valence-corrected chi connectivity index (χ1v) is 6.36. The lowest BCUT2D eigenvalue weighted by Crippen LogP contribution is -2.06. The Labute approximate surface area is 117 Å². The summed E-state index contributed by atoms with van der Waals surface area (Å²) in [6, 6.07) is 4.87. The SMILES string of the molecule is Cc1nc(C)n(Cc2ccc(C#CCCO)cc2F)n1. The molecule has 0 aliphatic rings. The van der Waals surface area contributed by atoms with Crippen LogP contribution in [0, 0.1) is 31.5 Å². The molecule has 20 heavy (non-hydrogen) atoms. The summed E-state index contributed by atoms with van der Waals surface area (Å²) in [5, 5.41) is 12.9. The molecule has 5 heteroatoms. The summed E-state index contributed by atoms with van der Waals surface area (Å²) in [6.45, 7) is 4.01. The Morgan fingerprint density at radius 2 is 2.15 bits per heavy atom. The molecule has 1 aromatic carbocycles. The molecule has 0 saturated heterocycles. The zero-order valence-corrected chi connectivity index (χ0v) is 11.5. The Morgan fingerprint density at radius 1 is 1.35 bits per heavy atom. The second-order valence-corrected chi connectivity index (χ2v) is 4.45. The minimum absolute atomic E-state index is 0.0124. The fraction of sp³-hybridized carbons (Fsp3) is 0.333. The number of aliphatic hydroxyl groups is 1. The average Bonchev–Trinajstić information content (AvgIpc) is 2.71. The molecule has 0 fully saturated rings. The van der Waals surface area contributed by atoms with Crippen LogP contribution in [-0.2, 0) is 6.54 Å². The fourth-order valence-corrected chi connectivity index (χ4v) is 1.85. The number of hydrogen-bond donors (Lipinski definition) is 1. The molecule has 2 rings (SSSR count). The van der Waals surface area contributed by atoms with E-state index < -0.39 is 0 Å². The van der Waals surface area contributed by atoms with Crippen molar-refractivity contribution in [1.82, 2.24) is 14.8 Å². The summed E-state index contributed by atoms with van der Waals surface area (Å²) < 4.78 is 15.7. The van der Waals surface area contributed by atoms with Gasteiger partial charge in [0, 0.05) is 17.5 Å². The van der Waals surface area contributed by atoms with Gasteiger partial charge >= 0.3 is 0 Å². The smallest absolute Gasteiger partial charge is 0.147 e. The van der Waals surface area contributed by atoms with Crippen molar-refractivity contribution in [2.45, 2.75) is 26.8 Å². The number of benzene rings is 1. The Hall–Kier alpha value is -2.19. The van der Waals surface area contributed by atoms with Gasteiger partial charge in [0.15, 0.2) is 0 Å². The standard InChI is InChI=1S/C15H16FN3O/c1-11-17-12(2)19(18-11)10-14-7-6-13(9-15(14)16)5-3-4-8-20/h6-7,9,20H,4,8,10H2,1-2H3. The van der Waals surface area contributed by atoms with Crippen LogP contribution < -0.4 is 0 Å². The fourth-order valence-electron chi connectivity index (χ4n) is 1.85. The number of aromatic nitrogens is 3. The average molecular weight is 273 g/mol. The van der Waals surface area contributed by atoms with Crippen molar-refractivity contribution in [3.63, 3.8) is 0 Å². The van der Waals surface area contributed by atoms with Crippen molar-refractivity contribution >= 4 is 0 Å². The molecule has 1 heterocycles. The van der Waals surface area contributed by atoms with Crippen LogP contribution in [0.3, 0.4) is 0 Å². The summed E-state index contributed by atoms with van der Waals surface area (Å²) >= 11 is 0. The molecule has 0 aliphatic carbocycles. The van der Waals surface area contributed by atoms with Gasteiger partial charge in [-0.1, -0.05) is 17.9 Å². The third kappa shape index (κ3) is 3.43. The third-order valence-electron chi connectivity index (χ3n) is 2.81. The van der Waals surface area contributed by atoms with Crippen molar-refractivity contribution in [2.75, 3.05) is 6.61 Å². The minimum Gasteiger partial charge on any atom is -0.395 e. The maximum Gasteiger partial charge on any atom is 0.147 e. The Bertz CT molecular complexity index is 667. The number of rotatable bonds is 3. The molecule has 104 valence electrons. The molecule has 0 bridgehead atoms. The van der Waals surface area contributed by atoms with Crippen LogP contribution in [0.2, 0.25) is 0 Å². The van der Waals surface area contributed by atoms with E-state index in [0.717, 1.165) is 5.82 Å².